The molecule has 1 unspecified atom stereocenters. The molecule has 1 fully saturated rings. The Kier molecular flexibility index (Phi) is 11.8. The first-order chi connectivity index (χ1) is 12.1. The molecule has 1 aliphatic rings. The Morgan fingerprint density at radius 3 is 2.76 bits per heavy atom. The quantitative estimate of drug-likeness (QED) is 0.363. The van der Waals surface area contributed by atoms with Crippen molar-refractivity contribution in [3.05, 3.63) is 12.2 Å². The monoisotopic (exact) mass is 353 g/mol. The van der Waals surface area contributed by atoms with Gasteiger partial charge in [-0.05, 0) is 51.4 Å². The molecule has 0 aliphatic carbocycles. The topological polar surface area (TPSA) is 60.8 Å². The number of rotatable bonds is 14. The second kappa shape index (κ2) is 13.3. The third kappa shape index (κ3) is 9.41. The van der Waals surface area contributed by atoms with Crippen molar-refractivity contribution < 1.29 is 15.0 Å². The summed E-state index contributed by atoms with van der Waals surface area (Å²) in [6.07, 6.45) is 12.3. The van der Waals surface area contributed by atoms with Gasteiger partial charge in [-0.25, -0.2) is 0 Å². The number of hydrogen-bond donors (Lipinski definition) is 2. The SMILES string of the molecule is C=C(CCCCCO)CN1C(=O)CCC[C@@H]1CCC(O)CCCCC. The van der Waals surface area contributed by atoms with E-state index in [2.05, 4.69) is 13.5 Å². The highest BCUT2D eigenvalue weighted by molar-refractivity contribution is 5.77. The fourth-order valence-electron chi connectivity index (χ4n) is 3.65. The first-order valence-corrected chi connectivity index (χ1v) is 10.3. The summed E-state index contributed by atoms with van der Waals surface area (Å²) in [6.45, 7) is 7.24. The third-order valence-corrected chi connectivity index (χ3v) is 5.25. The van der Waals surface area contributed by atoms with Crippen LogP contribution in [0.5, 0.6) is 0 Å². The van der Waals surface area contributed by atoms with Crippen LogP contribution in [0.15, 0.2) is 12.2 Å². The Labute approximate surface area is 154 Å². The molecule has 0 aromatic heterocycles. The Morgan fingerprint density at radius 1 is 1.24 bits per heavy atom. The van der Waals surface area contributed by atoms with Crippen LogP contribution in [0.25, 0.3) is 0 Å². The molecule has 0 saturated carbocycles. The molecule has 2 atom stereocenters. The normalized spacial score (nSPS) is 19.2. The van der Waals surface area contributed by atoms with Crippen LogP contribution >= 0.6 is 0 Å². The highest BCUT2D eigenvalue weighted by atomic mass is 16.3. The first-order valence-electron chi connectivity index (χ1n) is 10.3. The molecule has 1 rings (SSSR count). The fourth-order valence-corrected chi connectivity index (χ4v) is 3.65. The minimum absolute atomic E-state index is 0.230. The van der Waals surface area contributed by atoms with Gasteiger partial charge in [0.1, 0.15) is 0 Å². The zero-order valence-electron chi connectivity index (χ0n) is 16.2. The van der Waals surface area contributed by atoms with Crippen LogP contribution in [-0.2, 0) is 4.79 Å². The summed E-state index contributed by atoms with van der Waals surface area (Å²) >= 11 is 0. The van der Waals surface area contributed by atoms with Gasteiger partial charge in [0.05, 0.1) is 6.10 Å². The van der Waals surface area contributed by atoms with Gasteiger partial charge in [-0.15, -0.1) is 0 Å². The number of unbranched alkanes of at least 4 members (excludes halogenated alkanes) is 4. The van der Waals surface area contributed by atoms with Crippen molar-refractivity contribution in [2.75, 3.05) is 13.2 Å². The third-order valence-electron chi connectivity index (χ3n) is 5.25. The summed E-state index contributed by atoms with van der Waals surface area (Å²) in [5.41, 5.74) is 1.11. The predicted molar refractivity (Wildman–Crippen MR) is 103 cm³/mol. The van der Waals surface area contributed by atoms with Gasteiger partial charge in [0.2, 0.25) is 5.91 Å². The van der Waals surface area contributed by atoms with Gasteiger partial charge in [-0.2, -0.15) is 0 Å². The van der Waals surface area contributed by atoms with E-state index in [0.717, 1.165) is 69.8 Å². The number of nitrogens with zero attached hydrogens (tertiary/aromatic N) is 1. The molecular formula is C21H39NO3. The number of carbonyl (C=O) groups is 1. The van der Waals surface area contributed by atoms with Crippen molar-refractivity contribution in [1.82, 2.24) is 4.90 Å². The maximum absolute atomic E-state index is 12.4. The lowest BCUT2D eigenvalue weighted by atomic mass is 9.94. The van der Waals surface area contributed by atoms with Crippen molar-refractivity contribution in [2.45, 2.75) is 103 Å². The Morgan fingerprint density at radius 2 is 2.04 bits per heavy atom. The number of aliphatic hydroxyl groups is 2. The number of hydrogen-bond acceptors (Lipinski definition) is 3. The van der Waals surface area contributed by atoms with E-state index in [4.69, 9.17) is 5.11 Å². The smallest absolute Gasteiger partial charge is 0.223 e. The van der Waals surface area contributed by atoms with E-state index in [1.165, 1.54) is 12.8 Å². The molecule has 2 N–H and O–H groups in total. The summed E-state index contributed by atoms with van der Waals surface area (Å²) in [5.74, 6) is 0.244. The molecule has 1 amide bonds. The number of carbonyl (C=O) groups excluding carboxylic acids is 1. The van der Waals surface area contributed by atoms with E-state index in [0.29, 0.717) is 13.0 Å². The summed E-state index contributed by atoms with van der Waals surface area (Å²) in [7, 11) is 0. The summed E-state index contributed by atoms with van der Waals surface area (Å²) < 4.78 is 0. The van der Waals surface area contributed by atoms with Gasteiger partial charge in [-0.1, -0.05) is 44.8 Å². The predicted octanol–water partition coefficient (Wildman–Crippen LogP) is 4.20. The highest BCUT2D eigenvalue weighted by Crippen LogP contribution is 2.25. The second-order valence-electron chi connectivity index (χ2n) is 7.58. The first kappa shape index (κ1) is 22.2. The van der Waals surface area contributed by atoms with Gasteiger partial charge in [0.25, 0.3) is 0 Å². The fraction of sp³-hybridized carbons (Fsp3) is 0.857. The van der Waals surface area contributed by atoms with Crippen LogP contribution in [0, 0.1) is 0 Å². The van der Waals surface area contributed by atoms with Gasteiger partial charge in [-0.3, -0.25) is 4.79 Å². The van der Waals surface area contributed by atoms with Crippen LogP contribution in [-0.4, -0.2) is 46.3 Å². The highest BCUT2D eigenvalue weighted by Gasteiger charge is 2.28. The molecule has 1 aliphatic heterocycles. The van der Waals surface area contributed by atoms with Crippen LogP contribution in [0.1, 0.15) is 90.4 Å². The molecule has 146 valence electrons. The lowest BCUT2D eigenvalue weighted by molar-refractivity contribution is -0.136. The van der Waals surface area contributed by atoms with Gasteiger partial charge in [0.15, 0.2) is 0 Å². The second-order valence-corrected chi connectivity index (χ2v) is 7.58. The molecule has 25 heavy (non-hydrogen) atoms. The van der Waals surface area contributed by atoms with Crippen molar-refractivity contribution in [1.29, 1.82) is 0 Å². The molecule has 0 spiro atoms. The van der Waals surface area contributed by atoms with E-state index in [1.807, 2.05) is 4.90 Å². The van der Waals surface area contributed by atoms with Crippen LogP contribution in [0.4, 0.5) is 0 Å². The average Bonchev–Trinajstić information content (AvgIpc) is 2.59. The van der Waals surface area contributed by atoms with E-state index >= 15 is 0 Å². The molecule has 1 heterocycles. The lowest BCUT2D eigenvalue weighted by Gasteiger charge is -2.37. The standard InChI is InChI=1S/C21H39NO3/c1-3-4-6-12-20(24)15-14-19-11-9-13-21(25)22(19)17-18(2)10-7-5-8-16-23/h19-20,23-24H,2-17H2,1H3/t19-,20?/m1/s1. The molecule has 1 saturated heterocycles. The van der Waals surface area contributed by atoms with Gasteiger partial charge >= 0.3 is 0 Å². The van der Waals surface area contributed by atoms with Crippen molar-refractivity contribution in [3.8, 4) is 0 Å². The van der Waals surface area contributed by atoms with Crippen molar-refractivity contribution in [3.63, 3.8) is 0 Å². The van der Waals surface area contributed by atoms with Gasteiger partial charge in [0, 0.05) is 25.6 Å². The minimum atomic E-state index is -0.230. The number of piperidine rings is 1. The molecule has 0 bridgehead atoms. The Bertz CT molecular complexity index is 383. The summed E-state index contributed by atoms with van der Waals surface area (Å²) in [6, 6.07) is 0.260. The number of amides is 1. The van der Waals surface area contributed by atoms with E-state index < -0.39 is 0 Å². The van der Waals surface area contributed by atoms with Crippen LogP contribution < -0.4 is 0 Å². The molecule has 0 aromatic carbocycles. The number of aliphatic hydroxyl groups excluding tert-OH is 2. The zero-order chi connectivity index (χ0) is 18.5. The largest absolute Gasteiger partial charge is 0.396 e. The Balaban J connectivity index is 2.39. The van der Waals surface area contributed by atoms with Gasteiger partial charge < -0.3 is 15.1 Å². The maximum Gasteiger partial charge on any atom is 0.223 e. The maximum atomic E-state index is 12.4. The van der Waals surface area contributed by atoms with E-state index in [-0.39, 0.29) is 24.7 Å². The van der Waals surface area contributed by atoms with Crippen molar-refractivity contribution >= 4 is 5.91 Å². The molecule has 4 nitrogen and oxygen atoms in total. The zero-order valence-corrected chi connectivity index (χ0v) is 16.2. The molecule has 0 aromatic rings. The molecular weight excluding hydrogens is 314 g/mol. The van der Waals surface area contributed by atoms with Crippen molar-refractivity contribution in [2.24, 2.45) is 0 Å². The van der Waals surface area contributed by atoms with E-state index in [1.54, 1.807) is 0 Å². The summed E-state index contributed by atoms with van der Waals surface area (Å²) in [4.78, 5) is 14.4. The summed E-state index contributed by atoms with van der Waals surface area (Å²) in [5, 5.41) is 19.0. The van der Waals surface area contributed by atoms with E-state index in [9.17, 15) is 9.90 Å². The molecule has 4 heteroatoms. The van der Waals surface area contributed by atoms with Crippen LogP contribution in [0.3, 0.4) is 0 Å². The lowest BCUT2D eigenvalue weighted by Crippen LogP contribution is -2.44. The van der Waals surface area contributed by atoms with Crippen LogP contribution in [0.2, 0.25) is 0 Å². The number of likely N-dealkylation sites (tertiary alicyclic amines) is 1. The minimum Gasteiger partial charge on any atom is -0.396 e. The average molecular weight is 354 g/mol. The Hall–Kier alpha value is -0.870. The molecule has 0 radical (unpaired) electrons.